The van der Waals surface area contributed by atoms with E-state index >= 15 is 0 Å². The van der Waals surface area contributed by atoms with Crippen LogP contribution >= 0.6 is 11.8 Å². The molecule has 2 atom stereocenters. The van der Waals surface area contributed by atoms with Crippen molar-refractivity contribution in [1.29, 1.82) is 0 Å². The van der Waals surface area contributed by atoms with Crippen LogP contribution in [0.1, 0.15) is 19.8 Å². The van der Waals surface area contributed by atoms with Gasteiger partial charge in [-0.05, 0) is 18.1 Å². The highest BCUT2D eigenvalue weighted by molar-refractivity contribution is 7.99. The van der Waals surface area contributed by atoms with E-state index in [1.165, 1.54) is 7.11 Å². The van der Waals surface area contributed by atoms with E-state index in [2.05, 4.69) is 11.7 Å². The maximum atomic E-state index is 11.0. The summed E-state index contributed by atoms with van der Waals surface area (Å²) in [5.41, 5.74) is 0. The largest absolute Gasteiger partial charge is 0.469 e. The lowest BCUT2D eigenvalue weighted by molar-refractivity contribution is -0.140. The van der Waals surface area contributed by atoms with Gasteiger partial charge in [-0.1, -0.05) is 6.92 Å². The molecule has 1 heterocycles. The molecule has 1 fully saturated rings. The summed E-state index contributed by atoms with van der Waals surface area (Å²) in [6.45, 7) is 3.85. The van der Waals surface area contributed by atoms with Crippen LogP contribution in [0.5, 0.6) is 0 Å². The van der Waals surface area contributed by atoms with Gasteiger partial charge >= 0.3 is 5.97 Å². The molecule has 82 valence electrons. The Labute approximate surface area is 89.5 Å². The van der Waals surface area contributed by atoms with Crippen LogP contribution in [0.25, 0.3) is 0 Å². The molecule has 1 aliphatic rings. The average molecular weight is 218 g/mol. The lowest BCUT2D eigenvalue weighted by Gasteiger charge is -2.12. The van der Waals surface area contributed by atoms with Crippen LogP contribution in [0, 0.1) is 5.92 Å². The van der Waals surface area contributed by atoms with Crippen molar-refractivity contribution in [2.24, 2.45) is 5.92 Å². The molecular weight excluding hydrogens is 200 g/mol. The van der Waals surface area contributed by atoms with Gasteiger partial charge in [0.1, 0.15) is 0 Å². The van der Waals surface area contributed by atoms with Crippen molar-refractivity contribution < 1.29 is 14.3 Å². The summed E-state index contributed by atoms with van der Waals surface area (Å²) in [4.78, 5) is 11.0. The minimum Gasteiger partial charge on any atom is -0.469 e. The zero-order valence-electron chi connectivity index (χ0n) is 8.82. The Morgan fingerprint density at radius 1 is 1.71 bits per heavy atom. The third kappa shape index (κ3) is 4.33. The summed E-state index contributed by atoms with van der Waals surface area (Å²) < 4.78 is 9.90. The van der Waals surface area contributed by atoms with Crippen LogP contribution in [0.2, 0.25) is 0 Å². The number of esters is 1. The van der Waals surface area contributed by atoms with Gasteiger partial charge in [-0.15, -0.1) is 0 Å². The van der Waals surface area contributed by atoms with E-state index in [0.717, 1.165) is 25.4 Å². The van der Waals surface area contributed by atoms with Crippen molar-refractivity contribution in [3.8, 4) is 0 Å². The molecule has 0 saturated carbocycles. The molecule has 0 aromatic rings. The molecule has 0 aliphatic carbocycles. The van der Waals surface area contributed by atoms with Crippen molar-refractivity contribution in [2.75, 3.05) is 26.1 Å². The number of hydrogen-bond donors (Lipinski definition) is 0. The molecule has 1 aliphatic heterocycles. The maximum absolute atomic E-state index is 11.0. The third-order valence-electron chi connectivity index (χ3n) is 2.32. The predicted molar refractivity (Wildman–Crippen MR) is 57.5 cm³/mol. The predicted octanol–water partition coefficient (Wildman–Crippen LogP) is 1.71. The van der Waals surface area contributed by atoms with E-state index in [1.807, 2.05) is 11.8 Å². The summed E-state index contributed by atoms with van der Waals surface area (Å²) in [5.74, 6) is 1.66. The minimum atomic E-state index is -0.118. The van der Waals surface area contributed by atoms with Crippen LogP contribution in [-0.2, 0) is 14.3 Å². The minimum absolute atomic E-state index is 0.118. The first kappa shape index (κ1) is 11.9. The molecule has 0 aromatic carbocycles. The van der Waals surface area contributed by atoms with Gasteiger partial charge in [0.25, 0.3) is 0 Å². The SMILES string of the molecule is COC(=O)CC(C)SCC1CCOC1. The Morgan fingerprint density at radius 2 is 2.50 bits per heavy atom. The quantitative estimate of drug-likeness (QED) is 0.658. The van der Waals surface area contributed by atoms with Crippen LogP contribution in [0.15, 0.2) is 0 Å². The lowest BCUT2D eigenvalue weighted by atomic mass is 10.2. The number of carbonyl (C=O) groups excluding carboxylic acids is 1. The maximum Gasteiger partial charge on any atom is 0.306 e. The van der Waals surface area contributed by atoms with Crippen molar-refractivity contribution in [3.63, 3.8) is 0 Å². The molecule has 1 saturated heterocycles. The summed E-state index contributed by atoms with van der Waals surface area (Å²) >= 11 is 1.84. The topological polar surface area (TPSA) is 35.5 Å². The summed E-state index contributed by atoms with van der Waals surface area (Å²) in [5, 5.41) is 0.350. The number of hydrogen-bond acceptors (Lipinski definition) is 4. The number of carbonyl (C=O) groups is 1. The van der Waals surface area contributed by atoms with E-state index in [0.29, 0.717) is 17.6 Å². The normalized spacial score (nSPS) is 23.4. The van der Waals surface area contributed by atoms with Crippen LogP contribution in [-0.4, -0.2) is 37.3 Å². The van der Waals surface area contributed by atoms with Crippen molar-refractivity contribution in [2.45, 2.75) is 25.0 Å². The Hall–Kier alpha value is -0.220. The highest BCUT2D eigenvalue weighted by atomic mass is 32.2. The van der Waals surface area contributed by atoms with Gasteiger partial charge in [-0.2, -0.15) is 11.8 Å². The molecule has 2 unspecified atom stereocenters. The first-order valence-electron chi connectivity index (χ1n) is 4.98. The molecule has 4 heteroatoms. The standard InChI is InChI=1S/C10H18O3S/c1-8(5-10(11)12-2)14-7-9-3-4-13-6-9/h8-9H,3-7H2,1-2H3. The molecule has 0 aromatic heterocycles. The van der Waals surface area contributed by atoms with Crippen molar-refractivity contribution in [1.82, 2.24) is 0 Å². The molecule has 0 N–H and O–H groups in total. The fourth-order valence-electron chi connectivity index (χ4n) is 1.39. The highest BCUT2D eigenvalue weighted by Gasteiger charge is 2.17. The zero-order valence-corrected chi connectivity index (χ0v) is 9.64. The highest BCUT2D eigenvalue weighted by Crippen LogP contribution is 2.22. The second-order valence-electron chi connectivity index (χ2n) is 3.65. The molecule has 1 rings (SSSR count). The zero-order chi connectivity index (χ0) is 10.4. The van der Waals surface area contributed by atoms with E-state index < -0.39 is 0 Å². The second-order valence-corrected chi connectivity index (χ2v) is 5.13. The number of rotatable bonds is 5. The molecule has 0 bridgehead atoms. The molecule has 0 spiro atoms. The van der Waals surface area contributed by atoms with Gasteiger partial charge in [0.05, 0.1) is 20.1 Å². The Morgan fingerprint density at radius 3 is 3.07 bits per heavy atom. The molecular formula is C10H18O3S. The smallest absolute Gasteiger partial charge is 0.306 e. The summed E-state index contributed by atoms with van der Waals surface area (Å²) in [7, 11) is 1.44. The van der Waals surface area contributed by atoms with Gasteiger partial charge in [-0.3, -0.25) is 4.79 Å². The third-order valence-corrected chi connectivity index (χ3v) is 3.72. The fraction of sp³-hybridized carbons (Fsp3) is 0.900. The van der Waals surface area contributed by atoms with Crippen LogP contribution < -0.4 is 0 Å². The molecule has 0 amide bonds. The van der Waals surface area contributed by atoms with E-state index in [1.54, 1.807) is 0 Å². The number of ether oxygens (including phenoxy) is 2. The van der Waals surface area contributed by atoms with Crippen LogP contribution in [0.3, 0.4) is 0 Å². The Bertz CT molecular complexity index is 178. The van der Waals surface area contributed by atoms with Crippen LogP contribution in [0.4, 0.5) is 0 Å². The lowest BCUT2D eigenvalue weighted by Crippen LogP contribution is -2.11. The van der Waals surface area contributed by atoms with E-state index in [-0.39, 0.29) is 5.97 Å². The number of methoxy groups -OCH3 is 1. The van der Waals surface area contributed by atoms with E-state index in [9.17, 15) is 4.79 Å². The molecule has 14 heavy (non-hydrogen) atoms. The van der Waals surface area contributed by atoms with Gasteiger partial charge in [0, 0.05) is 11.9 Å². The Kier molecular flexibility index (Phi) is 5.33. The van der Waals surface area contributed by atoms with Gasteiger partial charge in [-0.25, -0.2) is 0 Å². The van der Waals surface area contributed by atoms with Crippen molar-refractivity contribution >= 4 is 17.7 Å². The summed E-state index contributed by atoms with van der Waals surface area (Å²) in [6.07, 6.45) is 1.67. The van der Waals surface area contributed by atoms with Gasteiger partial charge in [0.2, 0.25) is 0 Å². The average Bonchev–Trinajstić information content (AvgIpc) is 2.67. The van der Waals surface area contributed by atoms with Gasteiger partial charge < -0.3 is 9.47 Å². The first-order chi connectivity index (χ1) is 6.72. The van der Waals surface area contributed by atoms with Gasteiger partial charge in [0.15, 0.2) is 0 Å². The second kappa shape index (κ2) is 6.30. The first-order valence-corrected chi connectivity index (χ1v) is 6.03. The molecule has 0 radical (unpaired) electrons. The Balaban J connectivity index is 2.07. The van der Waals surface area contributed by atoms with E-state index in [4.69, 9.17) is 4.74 Å². The molecule has 3 nitrogen and oxygen atoms in total. The fourth-order valence-corrected chi connectivity index (χ4v) is 2.51. The monoisotopic (exact) mass is 218 g/mol. The van der Waals surface area contributed by atoms with Crippen molar-refractivity contribution in [3.05, 3.63) is 0 Å². The number of thioether (sulfide) groups is 1. The summed E-state index contributed by atoms with van der Waals surface area (Å²) in [6, 6.07) is 0.